The maximum atomic E-state index is 4.66. The van der Waals surface area contributed by atoms with Crippen LogP contribution in [0.15, 0.2) is 83.4 Å². The molecule has 0 saturated heterocycles. The molecule has 2 aromatic heterocycles. The van der Waals surface area contributed by atoms with Crippen molar-refractivity contribution in [3.05, 3.63) is 94.4 Å². The molecule has 5 heteroatoms. The maximum absolute atomic E-state index is 4.66. The zero-order valence-corrected chi connectivity index (χ0v) is 15.2. The molecule has 0 N–H and O–H groups in total. The summed E-state index contributed by atoms with van der Waals surface area (Å²) in [7, 11) is 0. The molecule has 0 spiro atoms. The molecule has 2 heterocycles. The van der Waals surface area contributed by atoms with E-state index < -0.39 is 0 Å². The minimum atomic E-state index is 0.478. The first-order valence-electron chi connectivity index (χ1n) is 8.41. The van der Waals surface area contributed by atoms with Crippen molar-refractivity contribution in [2.75, 3.05) is 0 Å². The number of thiazole rings is 1. The van der Waals surface area contributed by atoms with E-state index in [1.165, 1.54) is 16.7 Å². The van der Waals surface area contributed by atoms with Crippen molar-refractivity contribution in [1.82, 2.24) is 14.5 Å². The number of nitrogens with zero attached hydrogens (tertiary/aromatic N) is 4. The number of aromatic nitrogens is 3. The summed E-state index contributed by atoms with van der Waals surface area (Å²) in [4.78, 5) is 14.0. The van der Waals surface area contributed by atoms with Crippen molar-refractivity contribution in [2.24, 2.45) is 4.99 Å². The van der Waals surface area contributed by atoms with Crippen molar-refractivity contribution in [1.29, 1.82) is 0 Å². The summed E-state index contributed by atoms with van der Waals surface area (Å²) in [6.45, 7) is 2.85. The highest BCUT2D eigenvalue weighted by Crippen LogP contribution is 2.22. The predicted molar refractivity (Wildman–Crippen MR) is 105 cm³/mol. The molecule has 26 heavy (non-hydrogen) atoms. The summed E-state index contributed by atoms with van der Waals surface area (Å²) < 4.78 is 2.22. The third-order valence-electron chi connectivity index (χ3n) is 4.08. The highest BCUT2D eigenvalue weighted by atomic mass is 32.1. The molecule has 0 amide bonds. The van der Waals surface area contributed by atoms with E-state index in [1.54, 1.807) is 29.8 Å². The number of benzene rings is 2. The highest BCUT2D eigenvalue weighted by Gasteiger charge is 2.09. The fourth-order valence-electron chi connectivity index (χ4n) is 2.73. The van der Waals surface area contributed by atoms with Crippen LogP contribution in [-0.4, -0.2) is 14.5 Å². The van der Waals surface area contributed by atoms with Crippen LogP contribution in [0.2, 0.25) is 0 Å². The zero-order valence-electron chi connectivity index (χ0n) is 14.4. The Morgan fingerprint density at radius 1 is 0.923 bits per heavy atom. The van der Waals surface area contributed by atoms with Gasteiger partial charge in [-0.15, -0.1) is 11.3 Å². The minimum Gasteiger partial charge on any atom is -0.312 e. The van der Waals surface area contributed by atoms with Gasteiger partial charge in [-0.3, -0.25) is 0 Å². The third-order valence-corrected chi connectivity index (χ3v) is 4.94. The Labute approximate surface area is 156 Å². The smallest absolute Gasteiger partial charge is 0.251 e. The molecule has 0 bridgehead atoms. The second-order valence-corrected chi connectivity index (χ2v) is 6.84. The molecule has 4 rings (SSSR count). The summed E-state index contributed by atoms with van der Waals surface area (Å²) in [5.41, 5.74) is 4.81. The first-order valence-corrected chi connectivity index (χ1v) is 9.28. The second-order valence-electron chi connectivity index (χ2n) is 6.00. The van der Waals surface area contributed by atoms with Crippen LogP contribution in [0.1, 0.15) is 11.1 Å². The summed E-state index contributed by atoms with van der Waals surface area (Å²) >= 11 is 1.61. The van der Waals surface area contributed by atoms with Crippen molar-refractivity contribution >= 4 is 17.3 Å². The molecule has 0 unspecified atom stereocenters. The number of rotatable bonds is 4. The molecule has 0 fully saturated rings. The Hall–Kier alpha value is -3.05. The van der Waals surface area contributed by atoms with Crippen LogP contribution in [0.25, 0.3) is 11.3 Å². The normalized spacial score (nSPS) is 11.7. The Kier molecular flexibility index (Phi) is 4.71. The van der Waals surface area contributed by atoms with Crippen molar-refractivity contribution in [2.45, 2.75) is 13.5 Å². The summed E-state index contributed by atoms with van der Waals surface area (Å²) in [6.07, 6.45) is 3.42. The molecule has 4 aromatic rings. The van der Waals surface area contributed by atoms with Crippen LogP contribution in [0.4, 0.5) is 5.95 Å². The lowest BCUT2D eigenvalue weighted by atomic mass is 10.1. The Balaban J connectivity index is 1.84. The molecule has 0 aliphatic heterocycles. The van der Waals surface area contributed by atoms with E-state index in [0.29, 0.717) is 5.95 Å². The summed E-state index contributed by atoms with van der Waals surface area (Å²) in [6, 6.07) is 20.8. The Morgan fingerprint density at radius 3 is 2.38 bits per heavy atom. The van der Waals surface area contributed by atoms with E-state index in [4.69, 9.17) is 0 Å². The quantitative estimate of drug-likeness (QED) is 0.535. The SMILES string of the molecule is Cc1ccc(-c2cs/c(=N\c3ncccn3)n2Cc2ccccc2)cc1. The van der Waals surface area contributed by atoms with Gasteiger partial charge in [0.05, 0.1) is 12.2 Å². The monoisotopic (exact) mass is 358 g/mol. The molecule has 2 aromatic carbocycles. The standard InChI is InChI=1S/C21H18N4S/c1-16-8-10-18(11-9-16)19-15-26-21(24-20-22-12-5-13-23-20)25(19)14-17-6-3-2-4-7-17/h2-13,15H,14H2,1H3/b24-21-. The molecule has 0 aliphatic rings. The number of hydrogen-bond donors (Lipinski definition) is 0. The van der Waals surface area contributed by atoms with Gasteiger partial charge in [0.15, 0.2) is 4.80 Å². The number of aryl methyl sites for hydroxylation is 1. The fourth-order valence-corrected chi connectivity index (χ4v) is 3.63. The lowest BCUT2D eigenvalue weighted by Gasteiger charge is -2.09. The second kappa shape index (κ2) is 7.45. The average Bonchev–Trinajstić information content (AvgIpc) is 3.06. The van der Waals surface area contributed by atoms with Crippen molar-refractivity contribution in [3.63, 3.8) is 0 Å². The van der Waals surface area contributed by atoms with Crippen molar-refractivity contribution in [3.8, 4) is 11.3 Å². The molecule has 0 saturated carbocycles. The van der Waals surface area contributed by atoms with E-state index in [9.17, 15) is 0 Å². The lowest BCUT2D eigenvalue weighted by molar-refractivity contribution is 0.775. The first-order chi connectivity index (χ1) is 12.8. The zero-order chi connectivity index (χ0) is 17.8. The van der Waals surface area contributed by atoms with Crippen LogP contribution in [0.3, 0.4) is 0 Å². The fraction of sp³-hybridized carbons (Fsp3) is 0.0952. The van der Waals surface area contributed by atoms with E-state index in [-0.39, 0.29) is 0 Å². The molecule has 0 radical (unpaired) electrons. The minimum absolute atomic E-state index is 0.478. The number of hydrogen-bond acceptors (Lipinski definition) is 4. The van der Waals surface area contributed by atoms with Gasteiger partial charge in [0.1, 0.15) is 0 Å². The highest BCUT2D eigenvalue weighted by molar-refractivity contribution is 7.07. The Morgan fingerprint density at radius 2 is 1.65 bits per heavy atom. The summed E-state index contributed by atoms with van der Waals surface area (Å²) in [5, 5.41) is 2.15. The van der Waals surface area contributed by atoms with Gasteiger partial charge >= 0.3 is 0 Å². The molecular formula is C21H18N4S. The third kappa shape index (κ3) is 3.63. The van der Waals surface area contributed by atoms with Gasteiger partial charge in [0, 0.05) is 17.8 Å². The van der Waals surface area contributed by atoms with Crippen LogP contribution in [0.5, 0.6) is 0 Å². The molecule has 128 valence electrons. The van der Waals surface area contributed by atoms with Gasteiger partial charge in [-0.1, -0.05) is 60.2 Å². The van der Waals surface area contributed by atoms with Gasteiger partial charge < -0.3 is 4.57 Å². The largest absolute Gasteiger partial charge is 0.312 e. The van der Waals surface area contributed by atoms with E-state index >= 15 is 0 Å². The van der Waals surface area contributed by atoms with Gasteiger partial charge in [0.2, 0.25) is 0 Å². The molecule has 0 atom stereocenters. The van der Waals surface area contributed by atoms with Gasteiger partial charge in [-0.05, 0) is 24.1 Å². The van der Waals surface area contributed by atoms with Gasteiger partial charge in [-0.25, -0.2) is 9.97 Å². The van der Waals surface area contributed by atoms with Crippen LogP contribution in [0, 0.1) is 6.92 Å². The van der Waals surface area contributed by atoms with E-state index in [1.807, 2.05) is 6.07 Å². The van der Waals surface area contributed by atoms with Gasteiger partial charge in [-0.2, -0.15) is 4.99 Å². The Bertz CT molecular complexity index is 1050. The predicted octanol–water partition coefficient (Wildman–Crippen LogP) is 4.60. The van der Waals surface area contributed by atoms with E-state index in [0.717, 1.165) is 17.0 Å². The summed E-state index contributed by atoms with van der Waals surface area (Å²) in [5.74, 6) is 0.478. The molecule has 0 aliphatic carbocycles. The van der Waals surface area contributed by atoms with E-state index in [2.05, 4.69) is 80.4 Å². The van der Waals surface area contributed by atoms with Gasteiger partial charge in [0.25, 0.3) is 5.95 Å². The average molecular weight is 358 g/mol. The van der Waals surface area contributed by atoms with Crippen LogP contribution >= 0.6 is 11.3 Å². The first kappa shape index (κ1) is 16.4. The topological polar surface area (TPSA) is 43.1 Å². The van der Waals surface area contributed by atoms with Crippen molar-refractivity contribution < 1.29 is 0 Å². The molecular weight excluding hydrogens is 340 g/mol. The lowest BCUT2D eigenvalue weighted by Crippen LogP contribution is -2.17. The molecule has 4 nitrogen and oxygen atoms in total. The van der Waals surface area contributed by atoms with Crippen LogP contribution in [-0.2, 0) is 6.54 Å². The van der Waals surface area contributed by atoms with Crippen LogP contribution < -0.4 is 4.80 Å². The maximum Gasteiger partial charge on any atom is 0.251 e.